The normalized spacial score (nSPS) is 10.2. The third-order valence-corrected chi connectivity index (χ3v) is 3.03. The second-order valence-electron chi connectivity index (χ2n) is 4.31. The molecule has 2 N–H and O–H groups in total. The maximum Gasteiger partial charge on any atom is 0.337 e. The lowest BCUT2D eigenvalue weighted by atomic mass is 10.1. The Hall–Kier alpha value is -2.40. The van der Waals surface area contributed by atoms with E-state index in [1.54, 1.807) is 6.07 Å². The molecular weight excluding hydrogens is 297 g/mol. The van der Waals surface area contributed by atoms with Crippen LogP contribution in [0.5, 0.6) is 0 Å². The Labute approximate surface area is 125 Å². The quantitative estimate of drug-likeness (QED) is 0.910. The third kappa shape index (κ3) is 3.79. The molecule has 21 heavy (non-hydrogen) atoms. The van der Waals surface area contributed by atoms with Crippen molar-refractivity contribution in [2.75, 3.05) is 5.32 Å². The molecule has 1 amide bonds. The Morgan fingerprint density at radius 1 is 1.19 bits per heavy atom. The second kappa shape index (κ2) is 6.37. The molecule has 4 nitrogen and oxygen atoms in total. The molecule has 0 bridgehead atoms. The molecule has 6 heteroatoms. The average Bonchev–Trinajstić information content (AvgIpc) is 2.41. The summed E-state index contributed by atoms with van der Waals surface area (Å²) < 4.78 is 13.5. The van der Waals surface area contributed by atoms with Crippen LogP contribution < -0.4 is 5.32 Å². The lowest BCUT2D eigenvalue weighted by Gasteiger charge is -2.09. The van der Waals surface area contributed by atoms with Gasteiger partial charge in [0.25, 0.3) is 0 Å². The van der Waals surface area contributed by atoms with Crippen molar-refractivity contribution in [3.63, 3.8) is 0 Å². The van der Waals surface area contributed by atoms with E-state index in [4.69, 9.17) is 16.7 Å². The Kier molecular flexibility index (Phi) is 4.55. The predicted octanol–water partition coefficient (Wildman–Crippen LogP) is 3.36. The average molecular weight is 308 g/mol. The number of carbonyl (C=O) groups is 2. The highest BCUT2D eigenvalue weighted by Crippen LogP contribution is 2.21. The number of hydrogen-bond acceptors (Lipinski definition) is 2. The number of amides is 1. The molecule has 0 aliphatic heterocycles. The Bertz CT molecular complexity index is 703. The van der Waals surface area contributed by atoms with E-state index in [1.165, 1.54) is 36.4 Å². The summed E-state index contributed by atoms with van der Waals surface area (Å²) in [5, 5.41) is 11.8. The molecule has 108 valence electrons. The molecule has 2 aromatic rings. The molecule has 0 saturated carbocycles. The number of carboxylic acids is 1. The zero-order valence-electron chi connectivity index (χ0n) is 10.8. The number of hydrogen-bond donors (Lipinski definition) is 2. The molecule has 0 spiro atoms. The summed E-state index contributed by atoms with van der Waals surface area (Å²) in [6, 6.07) is 9.94. The van der Waals surface area contributed by atoms with Gasteiger partial charge in [-0.05, 0) is 29.8 Å². The van der Waals surface area contributed by atoms with E-state index in [1.807, 2.05) is 0 Å². The van der Waals surface area contributed by atoms with Crippen LogP contribution in [0, 0.1) is 5.82 Å². The zero-order chi connectivity index (χ0) is 15.4. The Morgan fingerprint density at radius 2 is 1.90 bits per heavy atom. The van der Waals surface area contributed by atoms with Crippen molar-refractivity contribution in [3.8, 4) is 0 Å². The lowest BCUT2D eigenvalue weighted by molar-refractivity contribution is -0.115. The summed E-state index contributed by atoms with van der Waals surface area (Å²) in [6.45, 7) is 0. The first kappa shape index (κ1) is 15.0. The minimum Gasteiger partial charge on any atom is -0.478 e. The molecule has 0 fully saturated rings. The number of carbonyl (C=O) groups excluding carboxylic acids is 1. The number of aromatic carboxylic acids is 1. The minimum absolute atomic E-state index is 0.0799. The summed E-state index contributed by atoms with van der Waals surface area (Å²) in [4.78, 5) is 23.0. The SMILES string of the molecule is O=C(Cc1ccccc1F)Nc1cc(Cl)ccc1C(=O)O. The van der Waals surface area contributed by atoms with Crippen molar-refractivity contribution in [2.24, 2.45) is 0 Å². The van der Waals surface area contributed by atoms with E-state index in [9.17, 15) is 14.0 Å². The molecule has 2 aromatic carbocycles. The van der Waals surface area contributed by atoms with Crippen LogP contribution in [0.2, 0.25) is 5.02 Å². The summed E-state index contributed by atoms with van der Waals surface area (Å²) in [5.74, 6) is -2.20. The Balaban J connectivity index is 2.18. The van der Waals surface area contributed by atoms with E-state index in [0.717, 1.165) is 0 Å². The lowest BCUT2D eigenvalue weighted by Crippen LogP contribution is -2.17. The molecule has 0 aliphatic carbocycles. The van der Waals surface area contributed by atoms with Crippen molar-refractivity contribution in [3.05, 3.63) is 64.4 Å². The van der Waals surface area contributed by atoms with Gasteiger partial charge in [-0.25, -0.2) is 9.18 Å². The van der Waals surface area contributed by atoms with E-state index in [0.29, 0.717) is 5.02 Å². The molecular formula is C15H11ClFNO3. The fraction of sp³-hybridized carbons (Fsp3) is 0.0667. The van der Waals surface area contributed by atoms with Gasteiger partial charge in [0, 0.05) is 5.02 Å². The van der Waals surface area contributed by atoms with Crippen LogP contribution in [-0.2, 0) is 11.2 Å². The molecule has 0 atom stereocenters. The Morgan fingerprint density at radius 3 is 2.57 bits per heavy atom. The maximum atomic E-state index is 13.5. The fourth-order valence-electron chi connectivity index (χ4n) is 1.82. The topological polar surface area (TPSA) is 66.4 Å². The van der Waals surface area contributed by atoms with Crippen molar-refractivity contribution in [2.45, 2.75) is 6.42 Å². The van der Waals surface area contributed by atoms with Gasteiger partial charge in [-0.1, -0.05) is 29.8 Å². The number of carboxylic acid groups (broad SMARTS) is 1. The molecule has 0 radical (unpaired) electrons. The smallest absolute Gasteiger partial charge is 0.337 e. The summed E-state index contributed by atoms with van der Waals surface area (Å²) in [5.41, 5.74) is 0.228. The number of halogens is 2. The second-order valence-corrected chi connectivity index (χ2v) is 4.75. The molecule has 2 rings (SSSR count). The van der Waals surface area contributed by atoms with Crippen molar-refractivity contribution in [1.82, 2.24) is 0 Å². The summed E-state index contributed by atoms with van der Waals surface area (Å²) in [7, 11) is 0. The molecule has 0 heterocycles. The standard InChI is InChI=1S/C15H11ClFNO3/c16-10-5-6-11(15(20)21)13(8-10)18-14(19)7-9-3-1-2-4-12(9)17/h1-6,8H,7H2,(H,18,19)(H,20,21). The summed E-state index contributed by atoms with van der Waals surface area (Å²) in [6.07, 6.45) is -0.196. The third-order valence-electron chi connectivity index (χ3n) is 2.79. The van der Waals surface area contributed by atoms with Crippen molar-refractivity contribution < 1.29 is 19.1 Å². The van der Waals surface area contributed by atoms with Crippen LogP contribution in [-0.4, -0.2) is 17.0 Å². The van der Waals surface area contributed by atoms with E-state index in [-0.39, 0.29) is 23.2 Å². The van der Waals surface area contributed by atoms with Crippen LogP contribution in [0.4, 0.5) is 10.1 Å². The number of anilines is 1. The van der Waals surface area contributed by atoms with Crippen LogP contribution in [0.25, 0.3) is 0 Å². The molecule has 0 aliphatic rings. The van der Waals surface area contributed by atoms with E-state index < -0.39 is 17.7 Å². The predicted molar refractivity (Wildman–Crippen MR) is 77.1 cm³/mol. The zero-order valence-corrected chi connectivity index (χ0v) is 11.5. The van der Waals surface area contributed by atoms with Gasteiger partial charge < -0.3 is 10.4 Å². The first-order valence-electron chi connectivity index (χ1n) is 6.03. The van der Waals surface area contributed by atoms with E-state index in [2.05, 4.69) is 5.32 Å². The van der Waals surface area contributed by atoms with Crippen LogP contribution in [0.15, 0.2) is 42.5 Å². The van der Waals surface area contributed by atoms with Gasteiger partial charge in [-0.2, -0.15) is 0 Å². The van der Waals surface area contributed by atoms with Crippen LogP contribution in [0.3, 0.4) is 0 Å². The number of benzene rings is 2. The van der Waals surface area contributed by atoms with Crippen molar-refractivity contribution >= 4 is 29.2 Å². The number of nitrogens with one attached hydrogen (secondary N) is 1. The molecule has 0 saturated heterocycles. The van der Waals surface area contributed by atoms with E-state index >= 15 is 0 Å². The number of rotatable bonds is 4. The van der Waals surface area contributed by atoms with Gasteiger partial charge in [0.1, 0.15) is 5.82 Å². The highest BCUT2D eigenvalue weighted by Gasteiger charge is 2.14. The highest BCUT2D eigenvalue weighted by atomic mass is 35.5. The largest absolute Gasteiger partial charge is 0.478 e. The fourth-order valence-corrected chi connectivity index (χ4v) is 1.99. The van der Waals surface area contributed by atoms with Gasteiger partial charge in [-0.3, -0.25) is 4.79 Å². The summed E-state index contributed by atoms with van der Waals surface area (Å²) >= 11 is 5.79. The van der Waals surface area contributed by atoms with Gasteiger partial charge >= 0.3 is 5.97 Å². The maximum absolute atomic E-state index is 13.5. The van der Waals surface area contributed by atoms with Gasteiger partial charge in [0.2, 0.25) is 5.91 Å². The van der Waals surface area contributed by atoms with Crippen LogP contribution in [0.1, 0.15) is 15.9 Å². The van der Waals surface area contributed by atoms with Crippen LogP contribution >= 0.6 is 11.6 Å². The first-order valence-corrected chi connectivity index (χ1v) is 6.41. The first-order chi connectivity index (χ1) is 9.97. The monoisotopic (exact) mass is 307 g/mol. The van der Waals surface area contributed by atoms with Gasteiger partial charge in [0.05, 0.1) is 17.7 Å². The van der Waals surface area contributed by atoms with Crippen molar-refractivity contribution in [1.29, 1.82) is 0 Å². The van der Waals surface area contributed by atoms with Gasteiger partial charge in [0.15, 0.2) is 0 Å². The van der Waals surface area contributed by atoms with Gasteiger partial charge in [-0.15, -0.1) is 0 Å². The molecule has 0 aromatic heterocycles. The molecule has 0 unspecified atom stereocenters. The minimum atomic E-state index is -1.19. The highest BCUT2D eigenvalue weighted by molar-refractivity contribution is 6.31.